The first-order valence-corrected chi connectivity index (χ1v) is 6.23. The van der Waals surface area contributed by atoms with Gasteiger partial charge in [0.05, 0.1) is 19.6 Å². The molecule has 0 aliphatic carbocycles. The van der Waals surface area contributed by atoms with Crippen LogP contribution in [0.3, 0.4) is 0 Å². The fourth-order valence-corrected chi connectivity index (χ4v) is 1.45. The molecule has 0 atom stereocenters. The second-order valence-corrected chi connectivity index (χ2v) is 4.38. The molecule has 0 aliphatic rings. The Bertz CT molecular complexity index is 409. The smallest absolute Gasteiger partial charge is 0.307 e. The van der Waals surface area contributed by atoms with E-state index in [0.717, 1.165) is 23.3 Å². The zero-order valence-electron chi connectivity index (χ0n) is 11.2. The Morgan fingerprint density at radius 1 is 1.21 bits per heavy atom. The second-order valence-electron chi connectivity index (χ2n) is 4.38. The summed E-state index contributed by atoms with van der Waals surface area (Å²) in [4.78, 5) is 10.5. The monoisotopic (exact) mass is 264 g/mol. The molecule has 1 aromatic carbocycles. The molecule has 104 valence electrons. The Kier molecular flexibility index (Phi) is 6.68. The van der Waals surface area contributed by atoms with E-state index in [9.17, 15) is 4.79 Å². The zero-order valence-corrected chi connectivity index (χ0v) is 11.2. The van der Waals surface area contributed by atoms with E-state index in [1.807, 2.05) is 6.92 Å². The van der Waals surface area contributed by atoms with Gasteiger partial charge >= 0.3 is 5.97 Å². The maximum Gasteiger partial charge on any atom is 0.307 e. The average molecular weight is 264 g/mol. The third kappa shape index (κ3) is 7.26. The number of carboxylic acids is 1. The number of rotatable bonds is 9. The van der Waals surface area contributed by atoms with Crippen molar-refractivity contribution in [2.45, 2.75) is 19.8 Å². The summed E-state index contributed by atoms with van der Waals surface area (Å²) in [5.41, 5.74) is 1.87. The molecule has 1 N–H and O–H groups in total. The maximum atomic E-state index is 10.5. The van der Waals surface area contributed by atoms with Gasteiger partial charge in [-0.2, -0.15) is 0 Å². The highest BCUT2D eigenvalue weighted by atomic mass is 16.5. The number of ether oxygens (including phenoxy) is 2. The fourth-order valence-electron chi connectivity index (χ4n) is 1.45. The van der Waals surface area contributed by atoms with E-state index in [1.54, 1.807) is 24.3 Å². The molecule has 4 heteroatoms. The van der Waals surface area contributed by atoms with Gasteiger partial charge in [0.15, 0.2) is 0 Å². The molecule has 0 bridgehead atoms. The van der Waals surface area contributed by atoms with Gasteiger partial charge in [0.2, 0.25) is 0 Å². The van der Waals surface area contributed by atoms with E-state index >= 15 is 0 Å². The summed E-state index contributed by atoms with van der Waals surface area (Å²) in [6.07, 6.45) is 0.897. The van der Waals surface area contributed by atoms with Crippen molar-refractivity contribution >= 4 is 5.97 Å². The Hall–Kier alpha value is -1.81. The summed E-state index contributed by atoms with van der Waals surface area (Å²) in [7, 11) is 0. The summed E-state index contributed by atoms with van der Waals surface area (Å²) in [5.74, 6) is -0.114. The molecule has 4 nitrogen and oxygen atoms in total. The van der Waals surface area contributed by atoms with Crippen LogP contribution in [-0.4, -0.2) is 30.9 Å². The van der Waals surface area contributed by atoms with Crippen LogP contribution in [0.25, 0.3) is 0 Å². The predicted octanol–water partition coefficient (Wildman–Crippen LogP) is 2.68. The molecule has 0 saturated carbocycles. The molecular weight excluding hydrogens is 244 g/mol. The Labute approximate surface area is 113 Å². The van der Waals surface area contributed by atoms with Crippen LogP contribution in [0.5, 0.6) is 5.75 Å². The Morgan fingerprint density at radius 2 is 1.89 bits per heavy atom. The molecular formula is C15H20O4. The van der Waals surface area contributed by atoms with E-state index in [1.165, 1.54) is 0 Å². The molecule has 0 unspecified atom stereocenters. The van der Waals surface area contributed by atoms with Crippen molar-refractivity contribution in [1.82, 2.24) is 0 Å². The van der Waals surface area contributed by atoms with Crippen molar-refractivity contribution in [2.75, 3.05) is 19.8 Å². The van der Waals surface area contributed by atoms with Crippen LogP contribution >= 0.6 is 0 Å². The van der Waals surface area contributed by atoms with Gasteiger partial charge in [0.1, 0.15) is 12.4 Å². The van der Waals surface area contributed by atoms with E-state index in [-0.39, 0.29) is 6.42 Å². The van der Waals surface area contributed by atoms with Gasteiger partial charge in [-0.1, -0.05) is 17.7 Å². The molecule has 0 fully saturated rings. The minimum atomic E-state index is -0.834. The third-order valence-electron chi connectivity index (χ3n) is 2.45. The lowest BCUT2D eigenvalue weighted by atomic mass is 10.1. The summed E-state index contributed by atoms with van der Waals surface area (Å²) >= 11 is 0. The van der Waals surface area contributed by atoms with Crippen LogP contribution in [-0.2, 0) is 16.0 Å². The van der Waals surface area contributed by atoms with Crippen LogP contribution in [0.4, 0.5) is 0 Å². The van der Waals surface area contributed by atoms with Crippen molar-refractivity contribution in [3.63, 3.8) is 0 Å². The topological polar surface area (TPSA) is 55.8 Å². The third-order valence-corrected chi connectivity index (χ3v) is 2.45. The van der Waals surface area contributed by atoms with Gasteiger partial charge in [0, 0.05) is 0 Å². The summed E-state index contributed by atoms with van der Waals surface area (Å²) in [6, 6.07) is 7.05. The predicted molar refractivity (Wildman–Crippen MR) is 73.5 cm³/mol. The molecule has 19 heavy (non-hydrogen) atoms. The quantitative estimate of drug-likeness (QED) is 0.550. The van der Waals surface area contributed by atoms with Gasteiger partial charge in [0.25, 0.3) is 0 Å². The van der Waals surface area contributed by atoms with Crippen molar-refractivity contribution in [3.8, 4) is 5.75 Å². The van der Waals surface area contributed by atoms with Crippen molar-refractivity contribution < 1.29 is 19.4 Å². The molecule has 0 radical (unpaired) electrons. The van der Waals surface area contributed by atoms with Crippen LogP contribution in [0.15, 0.2) is 36.4 Å². The first-order valence-electron chi connectivity index (χ1n) is 6.23. The Balaban J connectivity index is 2.19. The lowest BCUT2D eigenvalue weighted by molar-refractivity contribution is -0.136. The largest absolute Gasteiger partial charge is 0.491 e. The van der Waals surface area contributed by atoms with Crippen LogP contribution in [0.2, 0.25) is 0 Å². The summed E-state index contributed by atoms with van der Waals surface area (Å²) < 4.78 is 10.9. The Morgan fingerprint density at radius 3 is 2.47 bits per heavy atom. The molecule has 1 aromatic rings. The van der Waals surface area contributed by atoms with Gasteiger partial charge in [-0.25, -0.2) is 0 Å². The lowest BCUT2D eigenvalue weighted by Crippen LogP contribution is -2.07. The molecule has 0 amide bonds. The number of carboxylic acid groups (broad SMARTS) is 1. The maximum absolute atomic E-state index is 10.5. The van der Waals surface area contributed by atoms with E-state index in [0.29, 0.717) is 19.8 Å². The van der Waals surface area contributed by atoms with Gasteiger partial charge < -0.3 is 14.6 Å². The minimum Gasteiger partial charge on any atom is -0.491 e. The number of hydrogen-bond acceptors (Lipinski definition) is 3. The zero-order chi connectivity index (χ0) is 14.1. The van der Waals surface area contributed by atoms with E-state index in [2.05, 4.69) is 6.58 Å². The van der Waals surface area contributed by atoms with Crippen LogP contribution < -0.4 is 4.74 Å². The second kappa shape index (κ2) is 8.32. The number of aliphatic carboxylic acids is 1. The average Bonchev–Trinajstić information content (AvgIpc) is 2.34. The van der Waals surface area contributed by atoms with Crippen LogP contribution in [0.1, 0.15) is 18.9 Å². The molecule has 0 saturated heterocycles. The SMILES string of the molecule is C=C(C)CCOCCOc1ccc(CC(=O)O)cc1. The fraction of sp³-hybridized carbons (Fsp3) is 0.400. The van der Waals surface area contributed by atoms with Gasteiger partial charge in [-0.3, -0.25) is 4.79 Å². The number of benzene rings is 1. The highest BCUT2D eigenvalue weighted by Gasteiger charge is 2.00. The van der Waals surface area contributed by atoms with E-state index < -0.39 is 5.97 Å². The van der Waals surface area contributed by atoms with Crippen molar-refractivity contribution in [1.29, 1.82) is 0 Å². The molecule has 1 rings (SSSR count). The lowest BCUT2D eigenvalue weighted by Gasteiger charge is -2.07. The van der Waals surface area contributed by atoms with Gasteiger partial charge in [-0.15, -0.1) is 6.58 Å². The first kappa shape index (κ1) is 15.2. The summed E-state index contributed by atoms with van der Waals surface area (Å²) in [6.45, 7) is 7.44. The molecule has 0 heterocycles. The highest BCUT2D eigenvalue weighted by Crippen LogP contribution is 2.12. The van der Waals surface area contributed by atoms with Gasteiger partial charge in [-0.05, 0) is 31.0 Å². The number of carbonyl (C=O) groups is 1. The standard InChI is InChI=1S/C15H20O4/c1-12(2)7-8-18-9-10-19-14-5-3-13(4-6-14)11-15(16)17/h3-6H,1,7-11H2,2H3,(H,16,17). The minimum absolute atomic E-state index is 0.0320. The van der Waals surface area contributed by atoms with Crippen molar-refractivity contribution in [2.24, 2.45) is 0 Å². The number of hydrogen-bond donors (Lipinski definition) is 1. The summed E-state index contributed by atoms with van der Waals surface area (Å²) in [5, 5.41) is 8.65. The molecule has 0 aliphatic heterocycles. The normalized spacial score (nSPS) is 10.2. The van der Waals surface area contributed by atoms with E-state index in [4.69, 9.17) is 14.6 Å². The molecule has 0 aromatic heterocycles. The van der Waals surface area contributed by atoms with Crippen LogP contribution in [0, 0.1) is 0 Å². The first-order chi connectivity index (χ1) is 9.08. The molecule has 0 spiro atoms. The highest BCUT2D eigenvalue weighted by molar-refractivity contribution is 5.70. The van der Waals surface area contributed by atoms with Crippen molar-refractivity contribution in [3.05, 3.63) is 42.0 Å².